The molecule has 140 valence electrons. The Morgan fingerprint density at radius 2 is 1.88 bits per heavy atom. The summed E-state index contributed by atoms with van der Waals surface area (Å²) in [6.45, 7) is 5.53. The van der Waals surface area contributed by atoms with Gasteiger partial charge < -0.3 is 10.2 Å². The lowest BCUT2D eigenvalue weighted by Crippen LogP contribution is -2.43. The third kappa shape index (κ3) is 3.64. The van der Waals surface area contributed by atoms with Crippen molar-refractivity contribution in [2.24, 2.45) is 10.3 Å². The van der Waals surface area contributed by atoms with Gasteiger partial charge in [-0.1, -0.05) is 23.7 Å². The normalized spacial score (nSPS) is 20.3. The average Bonchev–Trinajstić information content (AvgIpc) is 2.85. The molecule has 1 N–H and O–H groups in total. The molecule has 1 saturated heterocycles. The summed E-state index contributed by atoms with van der Waals surface area (Å²) < 4.78 is 29.2. The number of nitrogens with zero attached hydrogens (tertiary/aromatic N) is 2. The van der Waals surface area contributed by atoms with Gasteiger partial charge in [0, 0.05) is 36.1 Å². The molecule has 8 heteroatoms. The fourth-order valence-corrected chi connectivity index (χ4v) is 5.07. The predicted molar refractivity (Wildman–Crippen MR) is 103 cm³/mol. The largest absolute Gasteiger partial charge is 0.356 e. The molecule has 3 rings (SSSR count). The van der Waals surface area contributed by atoms with Crippen LogP contribution in [0.25, 0.3) is 4.91 Å². The monoisotopic (exact) mass is 395 g/mol. The summed E-state index contributed by atoms with van der Waals surface area (Å²) in [6.07, 6.45) is 1.38. The highest BCUT2D eigenvalue weighted by Gasteiger charge is 2.35. The number of hydrogen-bond donors (Lipinski definition) is 1. The van der Waals surface area contributed by atoms with Crippen molar-refractivity contribution in [2.45, 2.75) is 26.7 Å². The highest BCUT2D eigenvalue weighted by molar-refractivity contribution is 8.00. The van der Waals surface area contributed by atoms with Crippen LogP contribution in [0.15, 0.2) is 34.2 Å². The van der Waals surface area contributed by atoms with E-state index in [2.05, 4.69) is 9.71 Å². The van der Waals surface area contributed by atoms with Crippen LogP contribution in [-0.2, 0) is 14.8 Å². The molecule has 26 heavy (non-hydrogen) atoms. The highest BCUT2D eigenvalue weighted by atomic mass is 35.5. The predicted octanol–water partition coefficient (Wildman–Crippen LogP) is 2.66. The minimum Gasteiger partial charge on any atom is -0.356 e. The average molecular weight is 396 g/mol. The van der Waals surface area contributed by atoms with Crippen molar-refractivity contribution in [1.82, 2.24) is 10.2 Å². The molecule has 6 nitrogen and oxygen atoms in total. The molecule has 0 spiro atoms. The second kappa shape index (κ2) is 7.40. The molecule has 0 unspecified atom stereocenters. The summed E-state index contributed by atoms with van der Waals surface area (Å²) in [5, 5.41) is 3.40. The van der Waals surface area contributed by atoms with E-state index in [-0.39, 0.29) is 16.7 Å². The van der Waals surface area contributed by atoms with Gasteiger partial charge in [-0.15, -0.1) is 4.40 Å². The first kappa shape index (κ1) is 18.9. The highest BCUT2D eigenvalue weighted by Crippen LogP contribution is 2.35. The van der Waals surface area contributed by atoms with Crippen LogP contribution in [0.5, 0.6) is 0 Å². The number of hydrogen-bond acceptors (Lipinski definition) is 4. The number of benzene rings is 1. The van der Waals surface area contributed by atoms with Gasteiger partial charge in [-0.25, -0.2) is 0 Å². The van der Waals surface area contributed by atoms with E-state index in [9.17, 15) is 13.2 Å². The van der Waals surface area contributed by atoms with E-state index in [1.165, 1.54) is 0 Å². The molecule has 2 aliphatic heterocycles. The van der Waals surface area contributed by atoms with E-state index < -0.39 is 10.0 Å². The molecular weight excluding hydrogens is 374 g/mol. The zero-order valence-corrected chi connectivity index (χ0v) is 16.4. The first-order valence-electron chi connectivity index (χ1n) is 8.68. The molecule has 1 aromatic rings. The van der Waals surface area contributed by atoms with Crippen LogP contribution < -0.4 is 5.32 Å². The van der Waals surface area contributed by atoms with Gasteiger partial charge in [-0.05, 0) is 44.4 Å². The fourth-order valence-electron chi connectivity index (χ4n) is 3.46. The number of amidine groups is 1. The van der Waals surface area contributed by atoms with E-state index in [4.69, 9.17) is 11.6 Å². The molecule has 0 aliphatic carbocycles. The van der Waals surface area contributed by atoms with Crippen LogP contribution >= 0.6 is 11.6 Å². The number of piperidine rings is 1. The standard InChI is InChI=1S/C18H22ClN3O3S/c1-3-20-18(23)14-8-10-22(11-9-14)17-12(2)16(26(24,25)21-17)13-4-6-15(19)7-5-13/h4-7,14H,3,8-11H2,1-2H3,(H,20,23). The molecule has 2 heterocycles. The molecule has 1 aromatic carbocycles. The van der Waals surface area contributed by atoms with Crippen LogP contribution in [0, 0.1) is 5.92 Å². The van der Waals surface area contributed by atoms with Crippen molar-refractivity contribution in [3.63, 3.8) is 0 Å². The number of likely N-dealkylation sites (tertiary alicyclic amines) is 1. The number of amides is 1. The Hall–Kier alpha value is -1.86. The lowest BCUT2D eigenvalue weighted by Gasteiger charge is -2.32. The lowest BCUT2D eigenvalue weighted by atomic mass is 9.95. The summed E-state index contributed by atoms with van der Waals surface area (Å²) >= 11 is 5.90. The minimum absolute atomic E-state index is 0.0233. The number of carbonyl (C=O) groups is 1. The smallest absolute Gasteiger partial charge is 0.285 e. The molecule has 2 aliphatic rings. The van der Waals surface area contributed by atoms with Crippen molar-refractivity contribution >= 4 is 38.3 Å². The van der Waals surface area contributed by atoms with Gasteiger partial charge in [0.25, 0.3) is 10.0 Å². The maximum atomic E-state index is 12.6. The number of nitrogens with one attached hydrogen (secondary N) is 1. The van der Waals surface area contributed by atoms with Crippen molar-refractivity contribution in [3.8, 4) is 0 Å². The number of carbonyl (C=O) groups excluding carboxylic acids is 1. The second-order valence-electron chi connectivity index (χ2n) is 6.51. The SMILES string of the molecule is CCNC(=O)C1CCN(C2=NS(=O)(=O)C(c3ccc(Cl)cc3)=C2C)CC1. The Morgan fingerprint density at radius 3 is 2.46 bits per heavy atom. The van der Waals surface area contributed by atoms with E-state index in [0.29, 0.717) is 54.5 Å². The van der Waals surface area contributed by atoms with Crippen molar-refractivity contribution < 1.29 is 13.2 Å². The lowest BCUT2D eigenvalue weighted by molar-refractivity contribution is -0.126. The molecule has 1 amide bonds. The molecule has 0 bridgehead atoms. The van der Waals surface area contributed by atoms with Crippen LogP contribution in [0.1, 0.15) is 32.3 Å². The summed E-state index contributed by atoms with van der Waals surface area (Å²) in [7, 11) is -3.74. The van der Waals surface area contributed by atoms with E-state index in [1.807, 2.05) is 11.8 Å². The minimum atomic E-state index is -3.74. The third-order valence-corrected chi connectivity index (χ3v) is 6.49. The van der Waals surface area contributed by atoms with E-state index in [0.717, 1.165) is 0 Å². The van der Waals surface area contributed by atoms with Crippen LogP contribution in [0.2, 0.25) is 5.02 Å². The number of rotatable bonds is 3. The Kier molecular flexibility index (Phi) is 5.39. The summed E-state index contributed by atoms with van der Waals surface area (Å²) in [5.74, 6) is 0.538. The fraction of sp³-hybridized carbons (Fsp3) is 0.444. The Balaban J connectivity index is 1.81. The van der Waals surface area contributed by atoms with Gasteiger partial charge in [0.1, 0.15) is 10.7 Å². The topological polar surface area (TPSA) is 78.8 Å². The molecule has 0 radical (unpaired) electrons. The molecule has 0 saturated carbocycles. The number of sulfonamides is 1. The van der Waals surface area contributed by atoms with Crippen molar-refractivity contribution in [2.75, 3.05) is 19.6 Å². The van der Waals surface area contributed by atoms with Crippen LogP contribution in [0.4, 0.5) is 0 Å². The van der Waals surface area contributed by atoms with Gasteiger partial charge in [0.05, 0.1) is 0 Å². The maximum Gasteiger partial charge on any atom is 0.285 e. The van der Waals surface area contributed by atoms with Crippen LogP contribution in [-0.4, -0.2) is 44.7 Å². The molecule has 0 aromatic heterocycles. The van der Waals surface area contributed by atoms with Crippen LogP contribution in [0.3, 0.4) is 0 Å². The Morgan fingerprint density at radius 1 is 1.27 bits per heavy atom. The van der Waals surface area contributed by atoms with Gasteiger partial charge in [0.2, 0.25) is 5.91 Å². The molecular formula is C18H22ClN3O3S. The van der Waals surface area contributed by atoms with Gasteiger partial charge in [-0.2, -0.15) is 8.42 Å². The first-order chi connectivity index (χ1) is 12.3. The second-order valence-corrected chi connectivity index (χ2v) is 8.48. The Bertz CT molecular complexity index is 867. The van der Waals surface area contributed by atoms with Gasteiger partial charge in [0.15, 0.2) is 0 Å². The third-order valence-electron chi connectivity index (χ3n) is 4.76. The summed E-state index contributed by atoms with van der Waals surface area (Å²) in [4.78, 5) is 14.2. The van der Waals surface area contributed by atoms with Crippen molar-refractivity contribution in [3.05, 3.63) is 40.4 Å². The van der Waals surface area contributed by atoms with Gasteiger partial charge >= 0.3 is 0 Å². The van der Waals surface area contributed by atoms with E-state index in [1.54, 1.807) is 31.2 Å². The van der Waals surface area contributed by atoms with Crippen molar-refractivity contribution in [1.29, 1.82) is 0 Å². The molecule has 1 fully saturated rings. The Labute approximate surface area is 159 Å². The summed E-state index contributed by atoms with van der Waals surface area (Å²) in [6, 6.07) is 6.72. The summed E-state index contributed by atoms with van der Waals surface area (Å²) in [5.41, 5.74) is 1.23. The van der Waals surface area contributed by atoms with Gasteiger partial charge in [-0.3, -0.25) is 4.79 Å². The zero-order chi connectivity index (χ0) is 18.9. The molecule has 0 atom stereocenters. The van der Waals surface area contributed by atoms with E-state index >= 15 is 0 Å². The maximum absolute atomic E-state index is 12.6. The zero-order valence-electron chi connectivity index (χ0n) is 14.8. The quantitative estimate of drug-likeness (QED) is 0.853. The number of halogens is 1. The first-order valence-corrected chi connectivity index (χ1v) is 10.5.